The molecule has 1 nitrogen and oxygen atoms in total. The molecule has 18 atom stereocenters. The first kappa shape index (κ1) is 21.3. The summed E-state index contributed by atoms with van der Waals surface area (Å²) in [6, 6.07) is 0. The smallest absolute Gasteiger partial charge is 0.116 e. The van der Waals surface area contributed by atoms with Crippen molar-refractivity contribution in [3.8, 4) is 0 Å². The highest BCUT2D eigenvalue weighted by Crippen LogP contribution is 2.70. The van der Waals surface area contributed by atoms with E-state index in [4.69, 9.17) is 7.54 Å². The highest BCUT2D eigenvalue weighted by atomic mass is 31.0. The molecule has 2 heteroatoms. The molecule has 0 aromatic rings. The van der Waals surface area contributed by atoms with Crippen LogP contribution in [0.1, 0.15) is 61.0 Å². The predicted octanol–water partition coefficient (Wildman–Crippen LogP) is 7.45. The van der Waals surface area contributed by atoms with Crippen LogP contribution in [-0.4, -0.2) is 12.9 Å². The van der Waals surface area contributed by atoms with Crippen LogP contribution in [0, 0.1) is 94.7 Å². The second kappa shape index (κ2) is 8.96. The first-order valence-electron chi connectivity index (χ1n) is 16.2. The third-order valence-electron chi connectivity index (χ3n) is 13.2. The lowest BCUT2D eigenvalue weighted by molar-refractivity contribution is -0.106. The highest BCUT2D eigenvalue weighted by molar-refractivity contribution is 7.15. The zero-order valence-electron chi connectivity index (χ0n) is 23.5. The van der Waals surface area contributed by atoms with E-state index in [9.17, 15) is 0 Å². The second-order valence-corrected chi connectivity index (χ2v) is 13.9. The zero-order chi connectivity index (χ0) is 25.4. The first-order chi connectivity index (χ1) is 18.0. The predicted molar refractivity (Wildman–Crippen MR) is 148 cm³/mol. The number of allylic oxidation sites excluding steroid dienone is 6. The average molecular weight is 494 g/mol. The second-order valence-electron chi connectivity index (χ2n) is 13.9. The van der Waals surface area contributed by atoms with Crippen molar-refractivity contribution in [2.24, 2.45) is 94.7 Å². The van der Waals surface area contributed by atoms with E-state index in [0.29, 0.717) is 0 Å². The van der Waals surface area contributed by atoms with E-state index in [0.717, 1.165) is 77.3 Å². The highest BCUT2D eigenvalue weighted by Gasteiger charge is 2.63. The number of fused-ring (bicyclic) bond motifs is 22. The standard InChI is InChI=1S/C15H20.C15H18.C2H4O.CH5P/c2*1-3-10-5-8(1)12-7-13-9-2-4-11(6-9)15(13)14(10)12;1-2-3;1-2/h1,3,8-15H,2,4-7H2;1-4,8-15H,5-7H2;2H,1H3;2H2,1H3/i;;;1TD. The summed E-state index contributed by atoms with van der Waals surface area (Å²) in [5.74, 6) is 17.4. The Morgan fingerprint density at radius 3 is 1.51 bits per heavy atom. The van der Waals surface area contributed by atoms with Crippen molar-refractivity contribution in [3.05, 3.63) is 36.5 Å². The first-order valence-corrected chi connectivity index (χ1v) is 15.7. The fraction of sp³-hybridized carbons (Fsp3) is 0.788. The van der Waals surface area contributed by atoms with Crippen molar-refractivity contribution in [2.45, 2.75) is 58.3 Å². The minimum atomic E-state index is -0.750. The summed E-state index contributed by atoms with van der Waals surface area (Å²) in [4.78, 5) is 8.81. The van der Waals surface area contributed by atoms with Crippen molar-refractivity contribution in [2.75, 3.05) is 6.62 Å². The summed E-state index contributed by atoms with van der Waals surface area (Å²) in [6.45, 7) is 0.694. The molecule has 0 aromatic carbocycles. The van der Waals surface area contributed by atoms with Crippen molar-refractivity contribution >= 4 is 15.5 Å². The van der Waals surface area contributed by atoms with E-state index in [1.54, 1.807) is 32.1 Å². The maximum atomic E-state index is 8.81. The molecule has 35 heavy (non-hydrogen) atoms. The Morgan fingerprint density at radius 2 is 1.03 bits per heavy atom. The number of aldehydes is 1. The van der Waals surface area contributed by atoms with E-state index < -0.39 is 6.62 Å². The lowest BCUT2D eigenvalue weighted by Crippen LogP contribution is -2.26. The Morgan fingerprint density at radius 1 is 0.657 bits per heavy atom. The van der Waals surface area contributed by atoms with Crippen molar-refractivity contribution < 1.29 is 7.54 Å². The molecule has 0 amide bonds. The van der Waals surface area contributed by atoms with E-state index in [-0.39, 0.29) is 0 Å². The van der Waals surface area contributed by atoms with Gasteiger partial charge in [0, 0.05) is 2.74 Å². The molecule has 10 aliphatic rings. The van der Waals surface area contributed by atoms with Gasteiger partial charge in [-0.1, -0.05) is 43.1 Å². The van der Waals surface area contributed by atoms with Crippen molar-refractivity contribution in [3.63, 3.8) is 0 Å². The molecule has 10 aliphatic carbocycles. The quantitative estimate of drug-likeness (QED) is 0.194. The molecule has 0 heterocycles. The molecule has 190 valence electrons. The van der Waals surface area contributed by atoms with Gasteiger partial charge in [-0.15, -0.1) is 9.24 Å². The van der Waals surface area contributed by atoms with Crippen LogP contribution in [0.15, 0.2) is 36.5 Å². The molecule has 0 radical (unpaired) electrons. The topological polar surface area (TPSA) is 17.1 Å². The van der Waals surface area contributed by atoms with Crippen LogP contribution in [0.5, 0.6) is 0 Å². The minimum Gasteiger partial charge on any atom is -0.304 e. The normalized spacial score (nSPS) is 59.8. The van der Waals surface area contributed by atoms with Gasteiger partial charge in [-0.2, -0.15) is 0 Å². The van der Waals surface area contributed by atoms with Crippen molar-refractivity contribution in [1.29, 1.82) is 0 Å². The molecule has 7 fully saturated rings. The lowest BCUT2D eigenvalue weighted by Gasteiger charge is -2.31. The maximum absolute atomic E-state index is 8.81. The number of rotatable bonds is 0. The molecule has 8 bridgehead atoms. The summed E-state index contributed by atoms with van der Waals surface area (Å²) >= 11 is 0. The molecule has 18 unspecified atom stereocenters. The van der Waals surface area contributed by atoms with E-state index in [1.807, 2.05) is 9.24 Å². The van der Waals surface area contributed by atoms with Crippen LogP contribution >= 0.6 is 9.24 Å². The van der Waals surface area contributed by atoms with Crippen LogP contribution in [0.2, 0.25) is 0 Å². The summed E-state index contributed by atoms with van der Waals surface area (Å²) in [5, 5.41) is 0. The maximum Gasteiger partial charge on any atom is 0.116 e. The Bertz CT molecular complexity index is 932. The van der Waals surface area contributed by atoms with Crippen molar-refractivity contribution in [1.82, 2.24) is 0 Å². The summed E-state index contributed by atoms with van der Waals surface area (Å²) < 4.78 is 12.4. The van der Waals surface area contributed by atoms with Crippen LogP contribution in [0.25, 0.3) is 0 Å². The number of hydrogen-bond donors (Lipinski definition) is 0. The SMILES string of the molecule is C1=CC2CC1C1CC3C4C=CC(C4)C3C21.C1=CC2CC1C1CC3C4CCC(C4)C3C21.CC=O.[2H]C([3H])P. The Hall–Kier alpha value is -0.680. The fourth-order valence-electron chi connectivity index (χ4n) is 12.6. The molecule has 10 rings (SSSR count). The van der Waals surface area contributed by atoms with Crippen LogP contribution in [0.4, 0.5) is 0 Å². The van der Waals surface area contributed by atoms with Gasteiger partial charge in [0.2, 0.25) is 0 Å². The Balaban J connectivity index is 0.000000101. The van der Waals surface area contributed by atoms with E-state index in [1.165, 1.54) is 49.9 Å². The van der Waals surface area contributed by atoms with Gasteiger partial charge in [0.15, 0.2) is 0 Å². The van der Waals surface area contributed by atoms with Gasteiger partial charge < -0.3 is 4.79 Å². The molecule has 0 aromatic heterocycles. The van der Waals surface area contributed by atoms with Gasteiger partial charge in [-0.3, -0.25) is 0 Å². The number of carbonyl (C=O) groups is 1. The molecule has 0 saturated heterocycles. The van der Waals surface area contributed by atoms with Gasteiger partial charge in [0.25, 0.3) is 0 Å². The monoisotopic (exact) mass is 493 g/mol. The number of hydrogen-bond acceptors (Lipinski definition) is 1. The van der Waals surface area contributed by atoms with Gasteiger partial charge in [0.1, 0.15) is 6.29 Å². The zero-order valence-corrected chi connectivity index (χ0v) is 22.7. The largest absolute Gasteiger partial charge is 0.304 e. The summed E-state index contributed by atoms with van der Waals surface area (Å²) in [6.07, 6.45) is 28.7. The van der Waals surface area contributed by atoms with Gasteiger partial charge >= 0.3 is 0 Å². The number of carbonyl (C=O) groups excluding carboxylic acids is 1. The molecule has 0 spiro atoms. The lowest BCUT2D eigenvalue weighted by atomic mass is 9.73. The molecular weight excluding hydrogens is 443 g/mol. The fourth-order valence-corrected chi connectivity index (χ4v) is 12.6. The van der Waals surface area contributed by atoms with Gasteiger partial charge in [0.05, 0.1) is 0 Å². The van der Waals surface area contributed by atoms with Crippen LogP contribution < -0.4 is 0 Å². The van der Waals surface area contributed by atoms with E-state index in [2.05, 4.69) is 36.5 Å². The average Bonchev–Trinajstić information content (AvgIpc) is 3.72. The summed E-state index contributed by atoms with van der Waals surface area (Å²) in [5.41, 5.74) is 0. The minimum absolute atomic E-state index is 0.750. The third-order valence-corrected chi connectivity index (χ3v) is 13.2. The summed E-state index contributed by atoms with van der Waals surface area (Å²) in [7, 11) is 1.99. The van der Waals surface area contributed by atoms with Gasteiger partial charge in [-0.25, -0.2) is 0 Å². The van der Waals surface area contributed by atoms with Gasteiger partial charge in [-0.05, 0) is 153 Å². The van der Waals surface area contributed by atoms with E-state index >= 15 is 0 Å². The molecular formula is C33H47OP. The Labute approximate surface area is 219 Å². The molecule has 7 saturated carbocycles. The molecule has 0 aliphatic heterocycles. The third kappa shape index (κ3) is 3.31. The molecule has 0 N–H and O–H groups in total. The Kier molecular flexibility index (Phi) is 5.45. The van der Waals surface area contributed by atoms with Crippen LogP contribution in [0.3, 0.4) is 0 Å². The van der Waals surface area contributed by atoms with Crippen LogP contribution in [-0.2, 0) is 4.79 Å².